The van der Waals surface area contributed by atoms with Crippen molar-refractivity contribution in [3.63, 3.8) is 0 Å². The third-order valence-corrected chi connectivity index (χ3v) is 3.52. The SMILES string of the molecule is CC(C)c1nc(NN)cc(N2CCCCC2C(N)=O)n1. The van der Waals surface area contributed by atoms with Crippen LogP contribution < -0.4 is 21.9 Å². The Bertz CT molecular complexity index is 490. The number of carbonyl (C=O) groups excluding carboxylic acids is 1. The van der Waals surface area contributed by atoms with Crippen molar-refractivity contribution in [1.82, 2.24) is 9.97 Å². The first-order valence-corrected chi connectivity index (χ1v) is 6.94. The van der Waals surface area contributed by atoms with Gasteiger partial charge in [0.1, 0.15) is 23.5 Å². The number of nitrogens with zero attached hydrogens (tertiary/aromatic N) is 3. The van der Waals surface area contributed by atoms with Crippen molar-refractivity contribution in [2.24, 2.45) is 11.6 Å². The van der Waals surface area contributed by atoms with Gasteiger partial charge in [-0.05, 0) is 19.3 Å². The van der Waals surface area contributed by atoms with E-state index in [0.29, 0.717) is 17.5 Å². The Morgan fingerprint density at radius 3 is 2.80 bits per heavy atom. The van der Waals surface area contributed by atoms with Crippen LogP contribution in [0.4, 0.5) is 11.6 Å². The van der Waals surface area contributed by atoms with E-state index in [1.807, 2.05) is 18.7 Å². The molecule has 7 nitrogen and oxygen atoms in total. The van der Waals surface area contributed by atoms with Gasteiger partial charge < -0.3 is 16.1 Å². The summed E-state index contributed by atoms with van der Waals surface area (Å²) in [7, 11) is 0. The Morgan fingerprint density at radius 2 is 2.20 bits per heavy atom. The normalized spacial score (nSPS) is 19.2. The predicted molar refractivity (Wildman–Crippen MR) is 78.1 cm³/mol. The van der Waals surface area contributed by atoms with Gasteiger partial charge in [-0.15, -0.1) is 0 Å². The van der Waals surface area contributed by atoms with Gasteiger partial charge in [-0.2, -0.15) is 0 Å². The minimum Gasteiger partial charge on any atom is -0.368 e. The number of aromatic nitrogens is 2. The molecule has 2 rings (SSSR count). The van der Waals surface area contributed by atoms with E-state index in [1.54, 1.807) is 6.07 Å². The van der Waals surface area contributed by atoms with Crippen molar-refractivity contribution >= 4 is 17.5 Å². The number of anilines is 2. The number of nitrogens with one attached hydrogen (secondary N) is 1. The van der Waals surface area contributed by atoms with E-state index in [0.717, 1.165) is 25.8 Å². The van der Waals surface area contributed by atoms with E-state index >= 15 is 0 Å². The van der Waals surface area contributed by atoms with Crippen molar-refractivity contribution in [2.45, 2.75) is 45.1 Å². The monoisotopic (exact) mass is 278 g/mol. The van der Waals surface area contributed by atoms with Crippen LogP contribution in [0, 0.1) is 0 Å². The molecular weight excluding hydrogens is 256 g/mol. The molecule has 1 aliphatic rings. The van der Waals surface area contributed by atoms with Gasteiger partial charge in [0.2, 0.25) is 5.91 Å². The van der Waals surface area contributed by atoms with Crippen LogP contribution in [0.5, 0.6) is 0 Å². The summed E-state index contributed by atoms with van der Waals surface area (Å²) in [5.74, 6) is 7.29. The molecular formula is C13H22N6O. The molecule has 0 aromatic carbocycles. The average molecular weight is 278 g/mol. The Labute approximate surface area is 118 Å². The molecule has 1 aromatic heterocycles. The van der Waals surface area contributed by atoms with Gasteiger partial charge >= 0.3 is 0 Å². The molecule has 1 aromatic rings. The van der Waals surface area contributed by atoms with Crippen molar-refractivity contribution in [1.29, 1.82) is 0 Å². The fraction of sp³-hybridized carbons (Fsp3) is 0.615. The van der Waals surface area contributed by atoms with Gasteiger partial charge in [0, 0.05) is 18.5 Å². The summed E-state index contributed by atoms with van der Waals surface area (Å²) < 4.78 is 0. The maximum atomic E-state index is 11.6. The number of carbonyl (C=O) groups is 1. The minimum atomic E-state index is -0.309. The summed E-state index contributed by atoms with van der Waals surface area (Å²) in [6.45, 7) is 4.80. The molecule has 20 heavy (non-hydrogen) atoms. The highest BCUT2D eigenvalue weighted by Gasteiger charge is 2.28. The molecule has 1 unspecified atom stereocenters. The molecule has 0 bridgehead atoms. The Kier molecular flexibility index (Phi) is 4.39. The maximum Gasteiger partial charge on any atom is 0.240 e. The highest BCUT2D eigenvalue weighted by Crippen LogP contribution is 2.26. The predicted octanol–water partition coefficient (Wildman–Crippen LogP) is 0.730. The van der Waals surface area contributed by atoms with Crippen LogP contribution in [0.3, 0.4) is 0 Å². The molecule has 0 aliphatic carbocycles. The van der Waals surface area contributed by atoms with Gasteiger partial charge in [-0.1, -0.05) is 13.8 Å². The van der Waals surface area contributed by atoms with Crippen LogP contribution in [-0.2, 0) is 4.79 Å². The van der Waals surface area contributed by atoms with E-state index in [-0.39, 0.29) is 17.9 Å². The van der Waals surface area contributed by atoms with E-state index < -0.39 is 0 Å². The molecule has 7 heteroatoms. The van der Waals surface area contributed by atoms with E-state index in [1.165, 1.54) is 0 Å². The van der Waals surface area contributed by atoms with Gasteiger partial charge in [0.25, 0.3) is 0 Å². The van der Waals surface area contributed by atoms with Gasteiger partial charge in [0.15, 0.2) is 0 Å². The van der Waals surface area contributed by atoms with Gasteiger partial charge in [0.05, 0.1) is 0 Å². The third-order valence-electron chi connectivity index (χ3n) is 3.52. The zero-order chi connectivity index (χ0) is 14.7. The molecule has 0 saturated carbocycles. The number of amides is 1. The summed E-state index contributed by atoms with van der Waals surface area (Å²) >= 11 is 0. The topological polar surface area (TPSA) is 110 Å². The molecule has 0 radical (unpaired) electrons. The minimum absolute atomic E-state index is 0.180. The Balaban J connectivity index is 2.38. The first kappa shape index (κ1) is 14.5. The Hall–Kier alpha value is -1.89. The second-order valence-electron chi connectivity index (χ2n) is 5.38. The Morgan fingerprint density at radius 1 is 1.45 bits per heavy atom. The lowest BCUT2D eigenvalue weighted by Gasteiger charge is -2.34. The number of primary amides is 1. The summed E-state index contributed by atoms with van der Waals surface area (Å²) in [6, 6.07) is 1.46. The quantitative estimate of drug-likeness (QED) is 0.553. The summed E-state index contributed by atoms with van der Waals surface area (Å²) in [6.07, 6.45) is 2.80. The van der Waals surface area contributed by atoms with Crippen LogP contribution in [0.15, 0.2) is 6.07 Å². The second-order valence-corrected chi connectivity index (χ2v) is 5.38. The molecule has 2 heterocycles. The van der Waals surface area contributed by atoms with Crippen LogP contribution >= 0.6 is 0 Å². The lowest BCUT2D eigenvalue weighted by atomic mass is 10.0. The van der Waals surface area contributed by atoms with Crippen molar-refractivity contribution in [3.05, 3.63) is 11.9 Å². The zero-order valence-corrected chi connectivity index (χ0v) is 12.0. The molecule has 1 amide bonds. The van der Waals surface area contributed by atoms with E-state index in [2.05, 4.69) is 15.4 Å². The molecule has 1 saturated heterocycles. The lowest BCUT2D eigenvalue weighted by Crippen LogP contribution is -2.48. The van der Waals surface area contributed by atoms with Crippen molar-refractivity contribution in [2.75, 3.05) is 16.9 Å². The molecule has 1 fully saturated rings. The van der Waals surface area contributed by atoms with Crippen molar-refractivity contribution in [3.8, 4) is 0 Å². The molecule has 5 N–H and O–H groups in total. The summed E-state index contributed by atoms with van der Waals surface area (Å²) in [5, 5.41) is 0. The number of rotatable bonds is 4. The highest BCUT2D eigenvalue weighted by molar-refractivity contribution is 5.83. The van der Waals surface area contributed by atoms with Gasteiger partial charge in [-0.3, -0.25) is 4.79 Å². The first-order chi connectivity index (χ1) is 9.52. The number of hydrogen-bond acceptors (Lipinski definition) is 6. The zero-order valence-electron chi connectivity index (χ0n) is 12.0. The fourth-order valence-electron chi connectivity index (χ4n) is 2.43. The average Bonchev–Trinajstić information content (AvgIpc) is 2.46. The van der Waals surface area contributed by atoms with Gasteiger partial charge in [-0.25, -0.2) is 15.8 Å². The first-order valence-electron chi connectivity index (χ1n) is 6.94. The molecule has 110 valence electrons. The van der Waals surface area contributed by atoms with Crippen LogP contribution in [0.2, 0.25) is 0 Å². The number of hydrazine groups is 1. The number of piperidine rings is 1. The standard InChI is InChI=1S/C13H22N6O/c1-8(2)13-16-10(18-15)7-11(17-13)19-6-4-3-5-9(19)12(14)20/h7-9H,3-6,15H2,1-2H3,(H2,14,20)(H,16,17,18). The maximum absolute atomic E-state index is 11.6. The highest BCUT2D eigenvalue weighted by atomic mass is 16.1. The largest absolute Gasteiger partial charge is 0.368 e. The van der Waals surface area contributed by atoms with Crippen LogP contribution in [0.1, 0.15) is 44.9 Å². The number of hydrogen-bond donors (Lipinski definition) is 3. The number of nitrogen functional groups attached to an aromatic ring is 1. The van der Waals surface area contributed by atoms with Crippen LogP contribution in [-0.4, -0.2) is 28.5 Å². The van der Waals surface area contributed by atoms with E-state index in [4.69, 9.17) is 11.6 Å². The fourth-order valence-corrected chi connectivity index (χ4v) is 2.43. The second kappa shape index (κ2) is 6.04. The smallest absolute Gasteiger partial charge is 0.240 e. The summed E-state index contributed by atoms with van der Waals surface area (Å²) in [5.41, 5.74) is 8.05. The van der Waals surface area contributed by atoms with Crippen molar-refractivity contribution < 1.29 is 4.79 Å². The number of nitrogens with two attached hydrogens (primary N) is 2. The molecule has 0 spiro atoms. The van der Waals surface area contributed by atoms with E-state index in [9.17, 15) is 4.79 Å². The third kappa shape index (κ3) is 2.98. The van der Waals surface area contributed by atoms with Crippen LogP contribution in [0.25, 0.3) is 0 Å². The molecule has 1 atom stereocenters. The summed E-state index contributed by atoms with van der Waals surface area (Å²) in [4.78, 5) is 22.4. The lowest BCUT2D eigenvalue weighted by molar-refractivity contribution is -0.119. The molecule has 1 aliphatic heterocycles.